The third-order valence-corrected chi connectivity index (χ3v) is 2.44. The molecule has 1 aromatic carbocycles. The van der Waals surface area contributed by atoms with Crippen molar-refractivity contribution in [1.82, 2.24) is 5.32 Å². The van der Waals surface area contributed by atoms with Crippen LogP contribution in [0.25, 0.3) is 0 Å². The van der Waals surface area contributed by atoms with Gasteiger partial charge in [-0.3, -0.25) is 0 Å². The lowest BCUT2D eigenvalue weighted by molar-refractivity contribution is 0.474. The molecular weight excluding hydrogens is 186 g/mol. The molecule has 1 aromatic rings. The lowest BCUT2D eigenvalue weighted by atomic mass is 10.0. The number of nitrogens with one attached hydrogen (secondary N) is 1. The zero-order chi connectivity index (χ0) is 11.1. The van der Waals surface area contributed by atoms with Crippen LogP contribution in [0.1, 0.15) is 25.8 Å². The Morgan fingerprint density at radius 1 is 1.27 bits per heavy atom. The summed E-state index contributed by atoms with van der Waals surface area (Å²) in [5.74, 6) is 0.983. The van der Waals surface area contributed by atoms with E-state index in [2.05, 4.69) is 19.2 Å². The molecule has 0 amide bonds. The summed E-state index contributed by atoms with van der Waals surface area (Å²) in [4.78, 5) is 0. The standard InChI is InChI=1S/C13H21NO/c1-3-8-14-10-11(2)9-12-4-6-13(15)7-5-12/h4-7,11,14-15H,3,8-10H2,1-2H3. The fraction of sp³-hybridized carbons (Fsp3) is 0.538. The normalized spacial score (nSPS) is 12.7. The average Bonchev–Trinajstić information content (AvgIpc) is 2.22. The summed E-state index contributed by atoms with van der Waals surface area (Å²) in [5, 5.41) is 12.6. The Hall–Kier alpha value is -1.02. The number of hydrogen-bond donors (Lipinski definition) is 2. The highest BCUT2D eigenvalue weighted by molar-refractivity contribution is 5.26. The molecule has 0 aliphatic heterocycles. The minimum atomic E-state index is 0.343. The summed E-state index contributed by atoms with van der Waals surface area (Å²) in [7, 11) is 0. The summed E-state index contributed by atoms with van der Waals surface area (Å²) in [6.45, 7) is 6.59. The first-order valence-corrected chi connectivity index (χ1v) is 5.71. The molecule has 0 spiro atoms. The number of phenols is 1. The summed E-state index contributed by atoms with van der Waals surface area (Å²) in [6, 6.07) is 7.49. The molecule has 0 saturated carbocycles. The zero-order valence-electron chi connectivity index (χ0n) is 9.66. The number of phenolic OH excluding ortho intramolecular Hbond substituents is 1. The van der Waals surface area contributed by atoms with Crippen LogP contribution in [0.4, 0.5) is 0 Å². The zero-order valence-corrected chi connectivity index (χ0v) is 9.66. The third kappa shape index (κ3) is 4.84. The molecule has 1 unspecified atom stereocenters. The van der Waals surface area contributed by atoms with E-state index < -0.39 is 0 Å². The smallest absolute Gasteiger partial charge is 0.115 e. The van der Waals surface area contributed by atoms with Crippen molar-refractivity contribution in [1.29, 1.82) is 0 Å². The quantitative estimate of drug-likeness (QED) is 0.703. The van der Waals surface area contributed by atoms with Crippen molar-refractivity contribution in [2.45, 2.75) is 26.7 Å². The third-order valence-electron chi connectivity index (χ3n) is 2.44. The molecule has 0 saturated heterocycles. The highest BCUT2D eigenvalue weighted by Gasteiger charge is 2.02. The number of benzene rings is 1. The molecule has 0 radical (unpaired) electrons. The first-order valence-electron chi connectivity index (χ1n) is 5.71. The van der Waals surface area contributed by atoms with Gasteiger partial charge in [0.05, 0.1) is 0 Å². The molecule has 0 aliphatic carbocycles. The van der Waals surface area contributed by atoms with Crippen molar-refractivity contribution in [3.05, 3.63) is 29.8 Å². The predicted octanol–water partition coefficient (Wildman–Crippen LogP) is 2.57. The van der Waals surface area contributed by atoms with E-state index in [1.807, 2.05) is 12.1 Å². The second-order valence-corrected chi connectivity index (χ2v) is 4.18. The van der Waals surface area contributed by atoms with Gasteiger partial charge in [0.25, 0.3) is 0 Å². The maximum absolute atomic E-state index is 9.15. The molecule has 15 heavy (non-hydrogen) atoms. The second-order valence-electron chi connectivity index (χ2n) is 4.18. The first-order chi connectivity index (χ1) is 7.22. The van der Waals surface area contributed by atoms with Gasteiger partial charge in [0.2, 0.25) is 0 Å². The molecule has 0 fully saturated rings. The van der Waals surface area contributed by atoms with Crippen molar-refractivity contribution in [3.8, 4) is 5.75 Å². The maximum atomic E-state index is 9.15. The number of aromatic hydroxyl groups is 1. The number of rotatable bonds is 6. The van der Waals surface area contributed by atoms with Gasteiger partial charge < -0.3 is 10.4 Å². The minimum absolute atomic E-state index is 0.343. The molecule has 0 aliphatic rings. The van der Waals surface area contributed by atoms with Crippen molar-refractivity contribution in [2.24, 2.45) is 5.92 Å². The molecular formula is C13H21NO. The van der Waals surface area contributed by atoms with Crippen LogP contribution in [-0.2, 0) is 6.42 Å². The molecule has 84 valence electrons. The van der Waals surface area contributed by atoms with Gasteiger partial charge in [0.15, 0.2) is 0 Å². The monoisotopic (exact) mass is 207 g/mol. The highest BCUT2D eigenvalue weighted by Crippen LogP contribution is 2.13. The molecule has 2 N–H and O–H groups in total. The molecule has 1 atom stereocenters. The predicted molar refractivity (Wildman–Crippen MR) is 64.1 cm³/mol. The lowest BCUT2D eigenvalue weighted by Gasteiger charge is -2.12. The Morgan fingerprint density at radius 3 is 2.53 bits per heavy atom. The Kier molecular flexibility index (Phi) is 5.19. The maximum Gasteiger partial charge on any atom is 0.115 e. The van der Waals surface area contributed by atoms with Crippen molar-refractivity contribution in [2.75, 3.05) is 13.1 Å². The molecule has 1 rings (SSSR count). The van der Waals surface area contributed by atoms with Crippen LogP contribution >= 0.6 is 0 Å². The van der Waals surface area contributed by atoms with Gasteiger partial charge in [0.1, 0.15) is 5.75 Å². The van der Waals surface area contributed by atoms with Crippen molar-refractivity contribution >= 4 is 0 Å². The van der Waals surface area contributed by atoms with Crippen LogP contribution in [-0.4, -0.2) is 18.2 Å². The van der Waals surface area contributed by atoms with Gasteiger partial charge in [0, 0.05) is 0 Å². The van der Waals surface area contributed by atoms with Gasteiger partial charge in [-0.05, 0) is 49.5 Å². The Bertz CT molecular complexity index is 268. The van der Waals surface area contributed by atoms with Crippen LogP contribution in [0.2, 0.25) is 0 Å². The van der Waals surface area contributed by atoms with E-state index in [4.69, 9.17) is 5.11 Å². The van der Waals surface area contributed by atoms with E-state index in [1.54, 1.807) is 12.1 Å². The summed E-state index contributed by atoms with van der Waals surface area (Å²) in [5.41, 5.74) is 1.29. The molecule has 0 heterocycles. The van der Waals surface area contributed by atoms with Crippen LogP contribution in [0.15, 0.2) is 24.3 Å². The fourth-order valence-electron chi connectivity index (χ4n) is 1.63. The van der Waals surface area contributed by atoms with Crippen LogP contribution in [0.5, 0.6) is 5.75 Å². The fourth-order valence-corrected chi connectivity index (χ4v) is 1.63. The van der Waals surface area contributed by atoms with Crippen LogP contribution < -0.4 is 5.32 Å². The Labute approximate surface area is 92.3 Å². The highest BCUT2D eigenvalue weighted by atomic mass is 16.3. The Balaban J connectivity index is 2.31. The lowest BCUT2D eigenvalue weighted by Crippen LogP contribution is -2.23. The van der Waals surface area contributed by atoms with Crippen molar-refractivity contribution < 1.29 is 5.11 Å². The topological polar surface area (TPSA) is 32.3 Å². The average molecular weight is 207 g/mol. The minimum Gasteiger partial charge on any atom is -0.508 e. The van der Waals surface area contributed by atoms with Gasteiger partial charge in [-0.1, -0.05) is 26.0 Å². The van der Waals surface area contributed by atoms with E-state index in [-0.39, 0.29) is 0 Å². The first kappa shape index (κ1) is 12.1. The van der Waals surface area contributed by atoms with E-state index in [0.717, 1.165) is 19.5 Å². The van der Waals surface area contributed by atoms with E-state index in [0.29, 0.717) is 11.7 Å². The van der Waals surface area contributed by atoms with Gasteiger partial charge >= 0.3 is 0 Å². The molecule has 2 heteroatoms. The van der Waals surface area contributed by atoms with Crippen LogP contribution in [0.3, 0.4) is 0 Å². The number of hydrogen-bond acceptors (Lipinski definition) is 2. The summed E-state index contributed by atoms with van der Waals surface area (Å²) >= 11 is 0. The summed E-state index contributed by atoms with van der Waals surface area (Å²) in [6.07, 6.45) is 2.25. The van der Waals surface area contributed by atoms with E-state index >= 15 is 0 Å². The molecule has 2 nitrogen and oxygen atoms in total. The van der Waals surface area contributed by atoms with Gasteiger partial charge in [-0.2, -0.15) is 0 Å². The van der Waals surface area contributed by atoms with Crippen molar-refractivity contribution in [3.63, 3.8) is 0 Å². The van der Waals surface area contributed by atoms with E-state index in [1.165, 1.54) is 12.0 Å². The second kappa shape index (κ2) is 6.46. The molecule has 0 aromatic heterocycles. The molecule has 0 bridgehead atoms. The Morgan fingerprint density at radius 2 is 1.93 bits per heavy atom. The van der Waals surface area contributed by atoms with Crippen LogP contribution in [0, 0.1) is 5.92 Å². The van der Waals surface area contributed by atoms with E-state index in [9.17, 15) is 0 Å². The summed E-state index contributed by atoms with van der Waals surface area (Å²) < 4.78 is 0. The SMILES string of the molecule is CCCNCC(C)Cc1ccc(O)cc1. The van der Waals surface area contributed by atoms with Gasteiger partial charge in [-0.15, -0.1) is 0 Å². The van der Waals surface area contributed by atoms with Gasteiger partial charge in [-0.25, -0.2) is 0 Å². The largest absolute Gasteiger partial charge is 0.508 e.